The van der Waals surface area contributed by atoms with E-state index in [0.29, 0.717) is 13.0 Å². The zero-order valence-electron chi connectivity index (χ0n) is 9.15. The number of benzene rings is 1. The average Bonchev–Trinajstić information content (AvgIpc) is 2.28. The Morgan fingerprint density at radius 2 is 2.12 bits per heavy atom. The molecule has 0 saturated carbocycles. The maximum Gasteiger partial charge on any atom is 0.123 e. The van der Waals surface area contributed by atoms with Crippen LogP contribution in [0.1, 0.15) is 18.1 Å². The van der Waals surface area contributed by atoms with E-state index in [0.717, 1.165) is 6.07 Å². The van der Waals surface area contributed by atoms with Crippen LogP contribution in [0.4, 0.5) is 10.1 Å². The lowest BCUT2D eigenvalue weighted by molar-refractivity contribution is 0.0143. The fourth-order valence-corrected chi connectivity index (χ4v) is 1.46. The van der Waals surface area contributed by atoms with Gasteiger partial charge in [0.15, 0.2) is 0 Å². The third-order valence-electron chi connectivity index (χ3n) is 2.42. The quantitative estimate of drug-likeness (QED) is 0.550. The molecule has 0 aliphatic heterocycles. The van der Waals surface area contributed by atoms with Gasteiger partial charge in [0.2, 0.25) is 0 Å². The molecular weight excluding hydrogens is 211 g/mol. The molecule has 2 atom stereocenters. The van der Waals surface area contributed by atoms with Crippen molar-refractivity contribution in [3.8, 4) is 0 Å². The lowest BCUT2D eigenvalue weighted by Crippen LogP contribution is -2.24. The number of hydrogen-bond acceptors (Lipinski definition) is 4. The van der Waals surface area contributed by atoms with Crippen LogP contribution in [-0.2, 0) is 0 Å². The van der Waals surface area contributed by atoms with Crippen LogP contribution in [0.15, 0.2) is 18.2 Å². The van der Waals surface area contributed by atoms with E-state index in [4.69, 9.17) is 5.73 Å². The van der Waals surface area contributed by atoms with Gasteiger partial charge in [-0.25, -0.2) is 4.39 Å². The molecule has 1 aromatic carbocycles. The van der Waals surface area contributed by atoms with Gasteiger partial charge in [0, 0.05) is 11.3 Å². The zero-order chi connectivity index (χ0) is 12.1. The van der Waals surface area contributed by atoms with Gasteiger partial charge in [-0.2, -0.15) is 0 Å². The van der Waals surface area contributed by atoms with Crippen molar-refractivity contribution in [3.63, 3.8) is 0 Å². The summed E-state index contributed by atoms with van der Waals surface area (Å²) in [6.07, 6.45) is -1.76. The van der Waals surface area contributed by atoms with Crippen LogP contribution in [0, 0.1) is 5.82 Å². The number of nitrogen functional groups attached to an aromatic ring is 1. The molecule has 0 amide bonds. The van der Waals surface area contributed by atoms with Crippen molar-refractivity contribution in [2.75, 3.05) is 19.3 Å². The summed E-state index contributed by atoms with van der Waals surface area (Å²) in [6, 6.07) is 3.73. The van der Waals surface area contributed by atoms with Gasteiger partial charge in [-0.1, -0.05) is 0 Å². The largest absolute Gasteiger partial charge is 0.398 e. The number of hydrogen-bond donors (Lipinski definition) is 4. The molecule has 0 spiro atoms. The van der Waals surface area contributed by atoms with Gasteiger partial charge in [0.25, 0.3) is 0 Å². The first-order valence-electron chi connectivity index (χ1n) is 5.12. The highest BCUT2D eigenvalue weighted by Gasteiger charge is 2.20. The summed E-state index contributed by atoms with van der Waals surface area (Å²) in [7, 11) is 1.75. The van der Waals surface area contributed by atoms with Gasteiger partial charge in [0.1, 0.15) is 11.9 Å². The number of aliphatic hydroxyl groups excluding tert-OH is 2. The van der Waals surface area contributed by atoms with Crippen molar-refractivity contribution in [1.82, 2.24) is 5.32 Å². The van der Waals surface area contributed by atoms with Gasteiger partial charge >= 0.3 is 0 Å². The standard InChI is InChI=1S/C11H17FN2O2/c1-14-5-4-10(15)11(16)8-6-7(12)2-3-9(8)13/h2-3,6,10-11,14-16H,4-5,13H2,1H3. The molecule has 16 heavy (non-hydrogen) atoms. The Hall–Kier alpha value is -1.17. The van der Waals surface area contributed by atoms with E-state index in [1.54, 1.807) is 7.05 Å². The molecule has 0 aliphatic rings. The van der Waals surface area contributed by atoms with Crippen molar-refractivity contribution < 1.29 is 14.6 Å². The Morgan fingerprint density at radius 1 is 1.44 bits per heavy atom. The van der Waals surface area contributed by atoms with Crippen LogP contribution in [0.5, 0.6) is 0 Å². The molecule has 5 N–H and O–H groups in total. The molecule has 0 bridgehead atoms. The van der Waals surface area contributed by atoms with Gasteiger partial charge in [0.05, 0.1) is 6.10 Å². The number of aliphatic hydroxyl groups is 2. The van der Waals surface area contributed by atoms with E-state index in [1.807, 2.05) is 0 Å². The molecule has 1 rings (SSSR count). The molecule has 4 nitrogen and oxygen atoms in total. The molecule has 0 fully saturated rings. The van der Waals surface area contributed by atoms with E-state index >= 15 is 0 Å². The molecule has 0 heterocycles. The first-order chi connectivity index (χ1) is 7.56. The van der Waals surface area contributed by atoms with E-state index in [9.17, 15) is 14.6 Å². The summed E-state index contributed by atoms with van der Waals surface area (Å²) in [4.78, 5) is 0. The predicted molar refractivity (Wildman–Crippen MR) is 60.3 cm³/mol. The number of rotatable bonds is 5. The molecule has 0 saturated heterocycles. The molecular formula is C11H17FN2O2. The van der Waals surface area contributed by atoms with E-state index in [2.05, 4.69) is 5.32 Å². The third-order valence-corrected chi connectivity index (χ3v) is 2.42. The first-order valence-corrected chi connectivity index (χ1v) is 5.12. The zero-order valence-corrected chi connectivity index (χ0v) is 9.15. The number of anilines is 1. The topological polar surface area (TPSA) is 78.5 Å². The monoisotopic (exact) mass is 228 g/mol. The lowest BCUT2D eigenvalue weighted by Gasteiger charge is -2.19. The summed E-state index contributed by atoms with van der Waals surface area (Å²) < 4.78 is 13.0. The van der Waals surface area contributed by atoms with Crippen LogP contribution in [0.25, 0.3) is 0 Å². The summed E-state index contributed by atoms with van der Waals surface area (Å²) >= 11 is 0. The lowest BCUT2D eigenvalue weighted by atomic mass is 10.0. The number of nitrogens with one attached hydrogen (secondary N) is 1. The fraction of sp³-hybridized carbons (Fsp3) is 0.455. The van der Waals surface area contributed by atoms with Crippen LogP contribution in [-0.4, -0.2) is 29.9 Å². The number of halogens is 1. The smallest absolute Gasteiger partial charge is 0.123 e. The van der Waals surface area contributed by atoms with E-state index in [1.165, 1.54) is 12.1 Å². The normalized spacial score (nSPS) is 14.8. The van der Waals surface area contributed by atoms with Gasteiger partial charge in [-0.15, -0.1) is 0 Å². The van der Waals surface area contributed by atoms with Crippen molar-refractivity contribution in [2.45, 2.75) is 18.6 Å². The molecule has 0 aromatic heterocycles. The van der Waals surface area contributed by atoms with Crippen molar-refractivity contribution in [3.05, 3.63) is 29.6 Å². The maximum atomic E-state index is 13.0. The minimum atomic E-state index is -1.16. The van der Waals surface area contributed by atoms with Crippen molar-refractivity contribution in [1.29, 1.82) is 0 Å². The highest BCUT2D eigenvalue weighted by molar-refractivity contribution is 5.48. The van der Waals surface area contributed by atoms with Crippen molar-refractivity contribution >= 4 is 5.69 Å². The summed E-state index contributed by atoms with van der Waals surface area (Å²) in [5.41, 5.74) is 6.10. The Bertz CT molecular complexity index is 347. The Kier molecular flexibility index (Phi) is 4.67. The molecule has 0 aliphatic carbocycles. The average molecular weight is 228 g/mol. The molecule has 2 unspecified atom stereocenters. The highest BCUT2D eigenvalue weighted by Crippen LogP contribution is 2.25. The van der Waals surface area contributed by atoms with E-state index in [-0.39, 0.29) is 11.3 Å². The molecule has 0 radical (unpaired) electrons. The molecule has 5 heteroatoms. The van der Waals surface area contributed by atoms with Crippen molar-refractivity contribution in [2.24, 2.45) is 0 Å². The fourth-order valence-electron chi connectivity index (χ4n) is 1.46. The summed E-state index contributed by atoms with van der Waals surface area (Å²) in [5.74, 6) is -0.482. The second-order valence-electron chi connectivity index (χ2n) is 3.68. The third kappa shape index (κ3) is 3.16. The Morgan fingerprint density at radius 3 is 2.75 bits per heavy atom. The second-order valence-corrected chi connectivity index (χ2v) is 3.68. The Labute approximate surface area is 93.9 Å². The van der Waals surface area contributed by atoms with Gasteiger partial charge < -0.3 is 21.3 Å². The summed E-state index contributed by atoms with van der Waals surface area (Å²) in [6.45, 7) is 0.563. The first kappa shape index (κ1) is 12.9. The van der Waals surface area contributed by atoms with Crippen LogP contribution >= 0.6 is 0 Å². The Balaban J connectivity index is 2.78. The SMILES string of the molecule is CNCCC(O)C(O)c1cc(F)ccc1N. The van der Waals surface area contributed by atoms with Crippen LogP contribution in [0.3, 0.4) is 0 Å². The van der Waals surface area contributed by atoms with Gasteiger partial charge in [-0.05, 0) is 38.2 Å². The van der Waals surface area contributed by atoms with Gasteiger partial charge in [-0.3, -0.25) is 0 Å². The minimum absolute atomic E-state index is 0.226. The van der Waals surface area contributed by atoms with Crippen LogP contribution < -0.4 is 11.1 Å². The van der Waals surface area contributed by atoms with E-state index < -0.39 is 18.0 Å². The molecule has 90 valence electrons. The second kappa shape index (κ2) is 5.79. The van der Waals surface area contributed by atoms with Crippen LogP contribution in [0.2, 0.25) is 0 Å². The maximum absolute atomic E-state index is 13.0. The number of nitrogens with two attached hydrogens (primary N) is 1. The highest BCUT2D eigenvalue weighted by atomic mass is 19.1. The summed E-state index contributed by atoms with van der Waals surface area (Å²) in [5, 5.41) is 22.3. The predicted octanol–water partition coefficient (Wildman–Crippen LogP) is 0.412. The molecule has 1 aromatic rings. The minimum Gasteiger partial charge on any atom is -0.398 e.